The van der Waals surface area contributed by atoms with E-state index in [1.165, 1.54) is 31.4 Å². The largest absolute Gasteiger partial charge is 0.310 e. The van der Waals surface area contributed by atoms with Crippen molar-refractivity contribution in [3.8, 4) is 0 Å². The molecule has 2 atom stereocenters. The Morgan fingerprint density at radius 3 is 2.62 bits per heavy atom. The molecule has 0 aromatic heterocycles. The average Bonchev–Trinajstić information content (AvgIpc) is 2.44. The van der Waals surface area contributed by atoms with Crippen LogP contribution in [0.5, 0.6) is 0 Å². The van der Waals surface area contributed by atoms with Crippen LogP contribution in [0.2, 0.25) is 0 Å². The van der Waals surface area contributed by atoms with Crippen molar-refractivity contribution in [2.24, 2.45) is 11.3 Å². The highest BCUT2D eigenvalue weighted by atomic mass is 19.2. The molecule has 1 aliphatic carbocycles. The van der Waals surface area contributed by atoms with Gasteiger partial charge in [0.2, 0.25) is 0 Å². The van der Waals surface area contributed by atoms with Gasteiger partial charge in [-0.05, 0) is 54.8 Å². The molecule has 1 fully saturated rings. The molecule has 1 aromatic carbocycles. The molecular formula is C18H27F2N. The lowest BCUT2D eigenvalue weighted by molar-refractivity contribution is 0.0980. The van der Waals surface area contributed by atoms with Gasteiger partial charge in [0.05, 0.1) is 0 Å². The van der Waals surface area contributed by atoms with Gasteiger partial charge in [-0.3, -0.25) is 0 Å². The molecule has 0 spiro atoms. The first kappa shape index (κ1) is 16.4. The maximum absolute atomic E-state index is 13.6. The minimum absolute atomic E-state index is 0.107. The van der Waals surface area contributed by atoms with E-state index < -0.39 is 11.6 Å². The lowest BCUT2D eigenvalue weighted by Crippen LogP contribution is -2.39. The molecule has 3 heteroatoms. The first-order valence-corrected chi connectivity index (χ1v) is 8.14. The Labute approximate surface area is 127 Å². The summed E-state index contributed by atoms with van der Waals surface area (Å²) in [6.07, 6.45) is 5.87. The standard InChI is InChI=1S/C18H27F2N/c1-4-11-21-17(13-8-9-15(19)16(20)12-13)14-7-5-6-10-18(14,2)3/h8-9,12,14,17,21H,4-7,10-11H2,1-3H3. The van der Waals surface area contributed by atoms with E-state index in [2.05, 4.69) is 26.1 Å². The molecule has 0 heterocycles. The first-order valence-electron chi connectivity index (χ1n) is 8.14. The van der Waals surface area contributed by atoms with Crippen molar-refractivity contribution in [2.45, 2.75) is 58.9 Å². The van der Waals surface area contributed by atoms with Gasteiger partial charge in [0.15, 0.2) is 11.6 Å². The molecule has 0 amide bonds. The van der Waals surface area contributed by atoms with Crippen molar-refractivity contribution in [1.82, 2.24) is 5.32 Å². The molecule has 1 N–H and O–H groups in total. The number of halogens is 2. The van der Waals surface area contributed by atoms with Gasteiger partial charge in [0.25, 0.3) is 0 Å². The molecule has 118 valence electrons. The fourth-order valence-electron chi connectivity index (χ4n) is 3.64. The molecular weight excluding hydrogens is 268 g/mol. The third kappa shape index (κ3) is 3.82. The van der Waals surface area contributed by atoms with E-state index in [0.717, 1.165) is 24.9 Å². The van der Waals surface area contributed by atoms with Gasteiger partial charge in [0.1, 0.15) is 0 Å². The molecule has 21 heavy (non-hydrogen) atoms. The highest BCUT2D eigenvalue weighted by molar-refractivity contribution is 5.23. The quantitative estimate of drug-likeness (QED) is 0.785. The highest BCUT2D eigenvalue weighted by Crippen LogP contribution is 2.46. The van der Waals surface area contributed by atoms with Gasteiger partial charge >= 0.3 is 0 Å². The van der Waals surface area contributed by atoms with Crippen molar-refractivity contribution in [3.63, 3.8) is 0 Å². The third-order valence-corrected chi connectivity index (χ3v) is 4.91. The minimum Gasteiger partial charge on any atom is -0.310 e. The van der Waals surface area contributed by atoms with Crippen LogP contribution in [0.1, 0.15) is 64.5 Å². The number of nitrogens with one attached hydrogen (secondary N) is 1. The van der Waals surface area contributed by atoms with Gasteiger partial charge in [-0.2, -0.15) is 0 Å². The number of rotatable bonds is 5. The van der Waals surface area contributed by atoms with Gasteiger partial charge in [-0.25, -0.2) is 8.78 Å². The van der Waals surface area contributed by atoms with Gasteiger partial charge in [0, 0.05) is 6.04 Å². The molecule has 2 rings (SSSR count). The van der Waals surface area contributed by atoms with Crippen molar-refractivity contribution in [3.05, 3.63) is 35.4 Å². The second-order valence-corrected chi connectivity index (χ2v) is 6.95. The molecule has 1 aliphatic rings. The second kappa shape index (κ2) is 6.87. The van der Waals surface area contributed by atoms with Crippen LogP contribution in [0.25, 0.3) is 0 Å². The molecule has 1 saturated carbocycles. The molecule has 1 aromatic rings. The lowest BCUT2D eigenvalue weighted by Gasteiger charge is -2.44. The zero-order chi connectivity index (χ0) is 15.5. The molecule has 2 unspecified atom stereocenters. The minimum atomic E-state index is -0.768. The Kier molecular flexibility index (Phi) is 5.37. The summed E-state index contributed by atoms with van der Waals surface area (Å²) in [6, 6.07) is 4.46. The Balaban J connectivity index is 2.30. The summed E-state index contributed by atoms with van der Waals surface area (Å²) in [5.74, 6) is -1.05. The SMILES string of the molecule is CCCNC(c1ccc(F)c(F)c1)C1CCCCC1(C)C. The van der Waals surface area contributed by atoms with Gasteiger partial charge in [-0.15, -0.1) is 0 Å². The Morgan fingerprint density at radius 1 is 1.24 bits per heavy atom. The van der Waals surface area contributed by atoms with Crippen LogP contribution in [0.3, 0.4) is 0 Å². The summed E-state index contributed by atoms with van der Waals surface area (Å²) >= 11 is 0. The maximum atomic E-state index is 13.6. The summed E-state index contributed by atoms with van der Waals surface area (Å²) in [6.45, 7) is 7.63. The van der Waals surface area contributed by atoms with Crippen LogP contribution in [0.15, 0.2) is 18.2 Å². The first-order chi connectivity index (χ1) is 9.95. The maximum Gasteiger partial charge on any atom is 0.159 e. The summed E-state index contributed by atoms with van der Waals surface area (Å²) in [7, 11) is 0. The van der Waals surface area contributed by atoms with E-state index in [9.17, 15) is 8.78 Å². The zero-order valence-corrected chi connectivity index (χ0v) is 13.4. The summed E-state index contributed by atoms with van der Waals surface area (Å²) in [5, 5.41) is 3.57. The monoisotopic (exact) mass is 295 g/mol. The van der Waals surface area contributed by atoms with E-state index in [1.807, 2.05) is 0 Å². The molecule has 0 aliphatic heterocycles. The van der Waals surface area contributed by atoms with Crippen LogP contribution >= 0.6 is 0 Å². The fourth-order valence-corrected chi connectivity index (χ4v) is 3.64. The predicted octanol–water partition coefficient (Wildman–Crippen LogP) is 5.22. The molecule has 0 bridgehead atoms. The topological polar surface area (TPSA) is 12.0 Å². The highest BCUT2D eigenvalue weighted by Gasteiger charge is 2.38. The summed E-state index contributed by atoms with van der Waals surface area (Å²) in [5.41, 5.74) is 1.11. The Morgan fingerprint density at radius 2 is 2.00 bits per heavy atom. The van der Waals surface area contributed by atoms with Crippen molar-refractivity contribution in [1.29, 1.82) is 0 Å². The van der Waals surface area contributed by atoms with Gasteiger partial charge in [-0.1, -0.05) is 39.7 Å². The number of hydrogen-bond acceptors (Lipinski definition) is 1. The summed E-state index contributed by atoms with van der Waals surface area (Å²) in [4.78, 5) is 0. The smallest absolute Gasteiger partial charge is 0.159 e. The van der Waals surface area contributed by atoms with Gasteiger partial charge < -0.3 is 5.32 Å². The summed E-state index contributed by atoms with van der Waals surface area (Å²) < 4.78 is 26.8. The van der Waals surface area contributed by atoms with Crippen LogP contribution in [0, 0.1) is 23.0 Å². The molecule has 0 radical (unpaired) electrons. The Hall–Kier alpha value is -0.960. The predicted molar refractivity (Wildman–Crippen MR) is 83.1 cm³/mol. The van der Waals surface area contributed by atoms with Crippen LogP contribution in [-0.2, 0) is 0 Å². The van der Waals surface area contributed by atoms with E-state index in [4.69, 9.17) is 0 Å². The molecule has 1 nitrogen and oxygen atoms in total. The lowest BCUT2D eigenvalue weighted by atomic mass is 9.64. The van der Waals surface area contributed by atoms with Crippen molar-refractivity contribution < 1.29 is 8.78 Å². The zero-order valence-electron chi connectivity index (χ0n) is 13.4. The van der Waals surface area contributed by atoms with Crippen LogP contribution < -0.4 is 5.32 Å². The van der Waals surface area contributed by atoms with Crippen LogP contribution in [0.4, 0.5) is 8.78 Å². The average molecular weight is 295 g/mol. The van der Waals surface area contributed by atoms with E-state index in [0.29, 0.717) is 5.92 Å². The normalized spacial score (nSPS) is 23.0. The second-order valence-electron chi connectivity index (χ2n) is 6.95. The van der Waals surface area contributed by atoms with Crippen molar-refractivity contribution in [2.75, 3.05) is 6.54 Å². The van der Waals surface area contributed by atoms with Crippen molar-refractivity contribution >= 4 is 0 Å². The Bertz CT molecular complexity index is 470. The van der Waals surface area contributed by atoms with Crippen LogP contribution in [-0.4, -0.2) is 6.54 Å². The van der Waals surface area contributed by atoms with E-state index in [1.54, 1.807) is 6.07 Å². The fraction of sp³-hybridized carbons (Fsp3) is 0.667. The molecule has 0 saturated heterocycles. The third-order valence-electron chi connectivity index (χ3n) is 4.91. The van der Waals surface area contributed by atoms with E-state index >= 15 is 0 Å². The number of hydrogen-bond donors (Lipinski definition) is 1. The number of benzene rings is 1. The van der Waals surface area contributed by atoms with E-state index in [-0.39, 0.29) is 11.5 Å².